The molecule has 0 N–H and O–H groups in total. The summed E-state index contributed by atoms with van der Waals surface area (Å²) in [6, 6.07) is 2.87. The van der Waals surface area contributed by atoms with Gasteiger partial charge in [0.15, 0.2) is 5.75 Å². The van der Waals surface area contributed by atoms with E-state index >= 15 is 0 Å². The number of esters is 2. The van der Waals surface area contributed by atoms with E-state index in [9.17, 15) is 9.59 Å². The molecule has 0 aromatic heterocycles. The smallest absolute Gasteiger partial charge is 0.311 e. The minimum absolute atomic E-state index is 0.0644. The Morgan fingerprint density at radius 2 is 1.67 bits per heavy atom. The summed E-state index contributed by atoms with van der Waals surface area (Å²) in [5, 5.41) is 0.667. The van der Waals surface area contributed by atoms with Crippen molar-refractivity contribution < 1.29 is 19.1 Å². The van der Waals surface area contributed by atoms with Crippen LogP contribution in [0.15, 0.2) is 12.1 Å². The van der Waals surface area contributed by atoms with E-state index in [4.69, 9.17) is 44.3 Å². The van der Waals surface area contributed by atoms with Crippen molar-refractivity contribution in [1.29, 1.82) is 0 Å². The van der Waals surface area contributed by atoms with Gasteiger partial charge in [-0.2, -0.15) is 0 Å². The van der Waals surface area contributed by atoms with E-state index in [2.05, 4.69) is 6.92 Å². The third-order valence-corrected chi connectivity index (χ3v) is 4.03. The largest absolute Gasteiger partial charge is 0.465 e. The maximum atomic E-state index is 11.8. The highest BCUT2D eigenvalue weighted by Gasteiger charge is 2.14. The van der Waals surface area contributed by atoms with Crippen LogP contribution in [0.5, 0.6) is 5.75 Å². The van der Waals surface area contributed by atoms with Crippen LogP contribution in [0.25, 0.3) is 0 Å². The van der Waals surface area contributed by atoms with Gasteiger partial charge in [0.1, 0.15) is 0 Å². The van der Waals surface area contributed by atoms with Crippen molar-refractivity contribution in [3.8, 4) is 5.75 Å². The molecule has 0 bridgehead atoms. The van der Waals surface area contributed by atoms with Crippen molar-refractivity contribution in [3.63, 3.8) is 0 Å². The normalized spacial score (nSPS) is 11.9. The molecule has 0 aliphatic carbocycles. The molecule has 0 saturated heterocycles. The summed E-state index contributed by atoms with van der Waals surface area (Å²) >= 11 is 17.7. The third kappa shape index (κ3) is 7.73. The van der Waals surface area contributed by atoms with Gasteiger partial charge in [-0.05, 0) is 30.9 Å². The summed E-state index contributed by atoms with van der Waals surface area (Å²) in [4.78, 5) is 23.4. The van der Waals surface area contributed by atoms with Gasteiger partial charge in [-0.25, -0.2) is 0 Å². The van der Waals surface area contributed by atoms with E-state index in [1.54, 1.807) is 0 Å². The number of carbonyl (C=O) groups excluding carboxylic acids is 2. The lowest BCUT2D eigenvalue weighted by Gasteiger charge is -2.11. The molecule has 24 heavy (non-hydrogen) atoms. The molecule has 0 radical (unpaired) electrons. The van der Waals surface area contributed by atoms with Crippen LogP contribution in [-0.4, -0.2) is 18.5 Å². The molecule has 1 aromatic carbocycles. The molecule has 1 rings (SSSR count). The Morgan fingerprint density at radius 3 is 2.25 bits per heavy atom. The second-order valence-electron chi connectivity index (χ2n) is 5.60. The van der Waals surface area contributed by atoms with Gasteiger partial charge in [-0.3, -0.25) is 9.59 Å². The highest BCUT2D eigenvalue weighted by molar-refractivity contribution is 6.40. The monoisotopic (exact) mass is 394 g/mol. The van der Waals surface area contributed by atoms with Crippen molar-refractivity contribution in [2.45, 2.75) is 46.0 Å². The number of ether oxygens (including phenoxy) is 2. The second kappa shape index (κ2) is 10.8. The standard InChI is InChI=1S/C17H21Cl3O4/c1-3-5-11(2)10-23-15(21)6-4-7-16(22)24-17-13(19)8-12(18)9-14(17)20/h8-9,11H,3-7,10H2,1-2H3. The van der Waals surface area contributed by atoms with Gasteiger partial charge in [-0.1, -0.05) is 55.1 Å². The Labute approximate surface area is 157 Å². The Bertz CT molecular complexity index is 552. The number of halogens is 3. The summed E-state index contributed by atoms with van der Waals surface area (Å²) in [5.74, 6) is -0.414. The zero-order valence-corrected chi connectivity index (χ0v) is 16.0. The molecule has 0 heterocycles. The molecule has 0 fully saturated rings. The van der Waals surface area contributed by atoms with Crippen LogP contribution in [0.3, 0.4) is 0 Å². The van der Waals surface area contributed by atoms with Crippen LogP contribution in [-0.2, 0) is 14.3 Å². The van der Waals surface area contributed by atoms with Crippen LogP contribution in [0.4, 0.5) is 0 Å². The molecule has 1 unspecified atom stereocenters. The van der Waals surface area contributed by atoms with E-state index in [0.29, 0.717) is 24.0 Å². The maximum Gasteiger partial charge on any atom is 0.311 e. The zero-order valence-electron chi connectivity index (χ0n) is 13.7. The molecule has 0 aliphatic rings. The van der Waals surface area contributed by atoms with Crippen LogP contribution in [0, 0.1) is 5.92 Å². The van der Waals surface area contributed by atoms with Gasteiger partial charge in [0.25, 0.3) is 0 Å². The number of rotatable bonds is 9. The molecule has 0 spiro atoms. The summed E-state index contributed by atoms with van der Waals surface area (Å²) in [7, 11) is 0. The SMILES string of the molecule is CCCC(C)COC(=O)CCCC(=O)Oc1c(Cl)cc(Cl)cc1Cl. The molecule has 1 atom stereocenters. The quantitative estimate of drug-likeness (QED) is 0.397. The van der Waals surface area contributed by atoms with Crippen molar-refractivity contribution in [2.24, 2.45) is 5.92 Å². The first-order valence-corrected chi connectivity index (χ1v) is 8.97. The summed E-state index contributed by atoms with van der Waals surface area (Å²) < 4.78 is 10.3. The van der Waals surface area contributed by atoms with Crippen LogP contribution in [0.1, 0.15) is 46.0 Å². The molecule has 0 aliphatic heterocycles. The summed E-state index contributed by atoms with van der Waals surface area (Å²) in [6.07, 6.45) is 2.64. The van der Waals surface area contributed by atoms with Gasteiger partial charge >= 0.3 is 11.9 Å². The predicted molar refractivity (Wildman–Crippen MR) is 96.0 cm³/mol. The van der Waals surface area contributed by atoms with Crippen molar-refractivity contribution in [3.05, 3.63) is 27.2 Å². The fraction of sp³-hybridized carbons (Fsp3) is 0.529. The van der Waals surface area contributed by atoms with Gasteiger partial charge in [0, 0.05) is 17.9 Å². The molecule has 0 amide bonds. The first-order valence-electron chi connectivity index (χ1n) is 7.84. The van der Waals surface area contributed by atoms with Gasteiger partial charge in [0.05, 0.1) is 16.7 Å². The molecule has 0 saturated carbocycles. The molecule has 4 nitrogen and oxygen atoms in total. The summed E-state index contributed by atoms with van der Waals surface area (Å²) in [5.41, 5.74) is 0. The molecular formula is C17H21Cl3O4. The van der Waals surface area contributed by atoms with Crippen molar-refractivity contribution in [2.75, 3.05) is 6.61 Å². The van der Waals surface area contributed by atoms with Gasteiger partial charge < -0.3 is 9.47 Å². The average Bonchev–Trinajstić information content (AvgIpc) is 2.49. The fourth-order valence-electron chi connectivity index (χ4n) is 2.05. The number of hydrogen-bond acceptors (Lipinski definition) is 4. The first kappa shape index (κ1) is 21.1. The van der Waals surface area contributed by atoms with Crippen molar-refractivity contribution in [1.82, 2.24) is 0 Å². The van der Waals surface area contributed by atoms with E-state index in [0.717, 1.165) is 12.8 Å². The minimum atomic E-state index is -0.520. The highest BCUT2D eigenvalue weighted by Crippen LogP contribution is 2.36. The van der Waals surface area contributed by atoms with E-state index in [1.165, 1.54) is 12.1 Å². The predicted octanol–water partition coefficient (Wildman–Crippen LogP) is 5.70. The number of carbonyl (C=O) groups is 2. The van der Waals surface area contributed by atoms with Gasteiger partial charge in [0.2, 0.25) is 0 Å². The average molecular weight is 396 g/mol. The lowest BCUT2D eigenvalue weighted by atomic mass is 10.1. The molecule has 7 heteroatoms. The van der Waals surface area contributed by atoms with E-state index < -0.39 is 5.97 Å². The minimum Gasteiger partial charge on any atom is -0.465 e. The molecule has 1 aromatic rings. The van der Waals surface area contributed by atoms with Crippen LogP contribution < -0.4 is 4.74 Å². The number of benzene rings is 1. The van der Waals surface area contributed by atoms with Crippen LogP contribution in [0.2, 0.25) is 15.1 Å². The topological polar surface area (TPSA) is 52.6 Å². The zero-order chi connectivity index (χ0) is 18.1. The Balaban J connectivity index is 2.33. The maximum absolute atomic E-state index is 11.8. The third-order valence-electron chi connectivity index (χ3n) is 3.25. The lowest BCUT2D eigenvalue weighted by molar-refractivity contribution is -0.145. The molecular weight excluding hydrogens is 375 g/mol. The molecule has 134 valence electrons. The Hall–Kier alpha value is -0.970. The highest BCUT2D eigenvalue weighted by atomic mass is 35.5. The Morgan fingerprint density at radius 1 is 1.08 bits per heavy atom. The Kier molecular flexibility index (Phi) is 9.49. The van der Waals surface area contributed by atoms with Crippen molar-refractivity contribution >= 4 is 46.7 Å². The second-order valence-corrected chi connectivity index (χ2v) is 6.85. The first-order chi connectivity index (χ1) is 11.3. The fourth-order valence-corrected chi connectivity index (χ4v) is 2.95. The number of hydrogen-bond donors (Lipinski definition) is 0. The summed E-state index contributed by atoms with van der Waals surface area (Å²) in [6.45, 7) is 4.53. The van der Waals surface area contributed by atoms with E-state index in [1.807, 2.05) is 6.92 Å². The van der Waals surface area contributed by atoms with E-state index in [-0.39, 0.29) is 34.6 Å². The van der Waals surface area contributed by atoms with Crippen LogP contribution >= 0.6 is 34.8 Å². The lowest BCUT2D eigenvalue weighted by Crippen LogP contribution is -2.13. The van der Waals surface area contributed by atoms with Gasteiger partial charge in [-0.15, -0.1) is 0 Å².